The molecule has 0 radical (unpaired) electrons. The summed E-state index contributed by atoms with van der Waals surface area (Å²) in [4.78, 5) is 53.7. The molecule has 0 unspecified atom stereocenters. The minimum atomic E-state index is -0.678. The second-order valence-electron chi connectivity index (χ2n) is 21.0. The van der Waals surface area contributed by atoms with Crippen molar-refractivity contribution in [1.29, 1.82) is 0 Å². The van der Waals surface area contributed by atoms with E-state index in [1.165, 1.54) is 35.6 Å². The average molecular weight is 1200 g/mol. The van der Waals surface area contributed by atoms with Gasteiger partial charge < -0.3 is 47.4 Å². The van der Waals surface area contributed by atoms with Crippen LogP contribution in [0.25, 0.3) is 10.2 Å². The fraction of sp³-hybridized carbons (Fsp3) is 0.477. The van der Waals surface area contributed by atoms with Crippen LogP contribution in [0.5, 0.6) is 34.5 Å². The zero-order valence-corrected chi connectivity index (χ0v) is 49.4. The van der Waals surface area contributed by atoms with Crippen molar-refractivity contribution < 1.29 is 75.3 Å². The Balaban J connectivity index is 0.901. The molecule has 7 rings (SSSR count). The van der Waals surface area contributed by atoms with Gasteiger partial charge in [0.2, 0.25) is 5.13 Å². The van der Waals surface area contributed by atoms with E-state index in [1.54, 1.807) is 25.5 Å². The topological polar surface area (TPSA) is 189 Å². The molecule has 2 saturated carbocycles. The summed E-state index contributed by atoms with van der Waals surface area (Å²) < 4.78 is 87.7. The second-order valence-corrected chi connectivity index (χ2v) is 22.0. The minimum Gasteiger partial charge on any atom is -0.493 e. The van der Waals surface area contributed by atoms with Crippen molar-refractivity contribution in [3.05, 3.63) is 121 Å². The lowest BCUT2D eigenvalue weighted by Gasteiger charge is -2.28. The van der Waals surface area contributed by atoms with Crippen LogP contribution in [0.2, 0.25) is 0 Å². The van der Waals surface area contributed by atoms with Crippen LogP contribution in [0.4, 0.5) is 13.9 Å². The number of benzene rings is 4. The number of hydrogen-bond donors (Lipinski definition) is 0. The Labute approximate surface area is 500 Å². The summed E-state index contributed by atoms with van der Waals surface area (Å²) in [6.07, 6.45) is 15.5. The van der Waals surface area contributed by atoms with Crippen LogP contribution in [0.1, 0.15) is 108 Å². The molecule has 17 nitrogen and oxygen atoms in total. The van der Waals surface area contributed by atoms with Gasteiger partial charge in [-0.25, -0.2) is 28.4 Å². The largest absolute Gasteiger partial charge is 0.493 e. The monoisotopic (exact) mass is 1200 g/mol. The maximum atomic E-state index is 15.1. The van der Waals surface area contributed by atoms with Crippen molar-refractivity contribution in [3.63, 3.8) is 0 Å². The minimum absolute atomic E-state index is 0.138. The van der Waals surface area contributed by atoms with Gasteiger partial charge in [0.05, 0.1) is 94.3 Å². The number of ether oxygens (including phenoxy) is 10. The average Bonchev–Trinajstić information content (AvgIpc) is 4.25. The lowest BCUT2D eigenvalue weighted by molar-refractivity contribution is -0.141. The number of anilines is 1. The van der Waals surface area contributed by atoms with Gasteiger partial charge in [-0.05, 0) is 169 Å². The van der Waals surface area contributed by atoms with E-state index in [9.17, 15) is 19.2 Å². The molecule has 1 heterocycles. The molecule has 0 bridgehead atoms. The van der Waals surface area contributed by atoms with Gasteiger partial charge in [0.25, 0.3) is 0 Å². The van der Waals surface area contributed by atoms with Gasteiger partial charge in [-0.2, -0.15) is 5.10 Å². The molecule has 0 saturated heterocycles. The van der Waals surface area contributed by atoms with Crippen LogP contribution >= 0.6 is 11.3 Å². The SMILES string of the molecule is C=CC(=O)OCCCCCCOc1ccc(OC(=O)C2CCC(COc3ccc(OCC4CCC(C(=O)Oc5ccc(OCCCCCCOC(=O)C=C)cc5F)CC4)c(/C=N/N(CCOCCOC)c4nc5ccccc5s4)c3)CC2)c(F)c1. The summed E-state index contributed by atoms with van der Waals surface area (Å²) in [5.41, 5.74) is 1.54. The third kappa shape index (κ3) is 22.2. The van der Waals surface area contributed by atoms with Crippen LogP contribution < -0.4 is 33.4 Å². The van der Waals surface area contributed by atoms with Gasteiger partial charge in [0, 0.05) is 37.0 Å². The molecular formula is C65H79F2N3O14S. The van der Waals surface area contributed by atoms with Crippen molar-refractivity contribution in [2.45, 2.75) is 103 Å². The van der Waals surface area contributed by atoms with Crippen LogP contribution in [0.15, 0.2) is 109 Å². The summed E-state index contributed by atoms with van der Waals surface area (Å²) >= 11 is 1.52. The predicted octanol–water partition coefficient (Wildman–Crippen LogP) is 13.0. The van der Waals surface area contributed by atoms with Gasteiger partial charge in [-0.3, -0.25) is 9.59 Å². The maximum Gasteiger partial charge on any atom is 0.330 e. The van der Waals surface area contributed by atoms with Gasteiger partial charge >= 0.3 is 23.9 Å². The van der Waals surface area contributed by atoms with Crippen LogP contribution in [-0.2, 0) is 38.1 Å². The van der Waals surface area contributed by atoms with Gasteiger partial charge in [0.1, 0.15) is 23.0 Å². The molecule has 4 aromatic carbocycles. The number of hydrazone groups is 1. The molecule has 0 N–H and O–H groups in total. The molecule has 0 amide bonds. The van der Waals surface area contributed by atoms with E-state index in [0.717, 1.165) is 86.6 Å². The molecule has 2 fully saturated rings. The molecule has 0 atom stereocenters. The molecule has 1 aromatic heterocycles. The molecule has 20 heteroatoms. The molecule has 458 valence electrons. The maximum absolute atomic E-state index is 15.1. The fourth-order valence-corrected chi connectivity index (χ4v) is 10.7. The van der Waals surface area contributed by atoms with E-state index in [4.69, 9.17) is 57.5 Å². The summed E-state index contributed by atoms with van der Waals surface area (Å²) in [6.45, 7) is 10.7. The van der Waals surface area contributed by atoms with Gasteiger partial charge in [0.15, 0.2) is 23.1 Å². The number of aromatic nitrogens is 1. The van der Waals surface area contributed by atoms with E-state index in [0.29, 0.717) is 138 Å². The third-order valence-corrected chi connectivity index (χ3v) is 15.7. The first-order chi connectivity index (χ1) is 41.5. The highest BCUT2D eigenvalue weighted by atomic mass is 32.1. The van der Waals surface area contributed by atoms with Crippen LogP contribution in [-0.4, -0.2) is 108 Å². The van der Waals surface area contributed by atoms with Crippen LogP contribution in [0, 0.1) is 35.3 Å². The summed E-state index contributed by atoms with van der Waals surface area (Å²) in [5, 5.41) is 7.46. The van der Waals surface area contributed by atoms with Crippen molar-refractivity contribution in [1.82, 2.24) is 4.98 Å². The number of nitrogens with zero attached hydrogens (tertiary/aromatic N) is 3. The Morgan fingerprint density at radius 3 is 1.61 bits per heavy atom. The number of thiazole rings is 1. The number of rotatable bonds is 37. The number of carbonyl (C=O) groups excluding carboxylic acids is 4. The smallest absolute Gasteiger partial charge is 0.330 e. The quantitative estimate of drug-likeness (QED) is 0.00911. The zero-order chi connectivity index (χ0) is 60.0. The van der Waals surface area contributed by atoms with Crippen LogP contribution in [0.3, 0.4) is 0 Å². The number of halogens is 2. The Hall–Kier alpha value is -7.42. The standard InChI is InChI=1S/C65H79F2N3O14S/c1-4-61(71)79-35-14-8-6-12-33-77-52-27-30-58(54(66)41-52)83-63(73)48-22-18-46(19-23-48)44-81-51-26-29-57(50(40-51)43-68-70(32-37-76-39-38-75-3)65-69-56-16-10-11-17-60(56)85-65)82-45-47-20-24-49(25-21-47)64(74)84-59-31-28-53(42-55(59)67)78-34-13-7-9-15-36-80-62(72)5-2/h4-5,10-11,16-17,26-31,40-43,46-49H,1-2,6-9,12-15,18-25,32-39,44-45H2,3H3/b68-43+. The lowest BCUT2D eigenvalue weighted by Crippen LogP contribution is -2.28. The van der Waals surface area contributed by atoms with E-state index in [2.05, 4.69) is 13.2 Å². The first kappa shape index (κ1) is 65.1. The van der Waals surface area contributed by atoms with Gasteiger partial charge in [-0.15, -0.1) is 0 Å². The Morgan fingerprint density at radius 2 is 1.09 bits per heavy atom. The number of unbranched alkanes of at least 4 members (excludes halogenated alkanes) is 6. The molecule has 5 aromatic rings. The Morgan fingerprint density at radius 1 is 0.588 bits per heavy atom. The fourth-order valence-electron chi connectivity index (χ4n) is 9.75. The second kappa shape index (κ2) is 35.8. The highest BCUT2D eigenvalue weighted by Crippen LogP contribution is 2.36. The predicted molar refractivity (Wildman–Crippen MR) is 320 cm³/mol. The van der Waals surface area contributed by atoms with Crippen molar-refractivity contribution in [2.75, 3.05) is 78.1 Å². The van der Waals surface area contributed by atoms with Crippen molar-refractivity contribution >= 4 is 56.8 Å². The highest BCUT2D eigenvalue weighted by molar-refractivity contribution is 7.22. The first-order valence-electron chi connectivity index (χ1n) is 29.5. The Bertz CT molecular complexity index is 2930. The van der Waals surface area contributed by atoms with E-state index < -0.39 is 35.5 Å². The normalized spacial score (nSPS) is 16.7. The summed E-state index contributed by atoms with van der Waals surface area (Å²) in [6, 6.07) is 22.0. The lowest BCUT2D eigenvalue weighted by atomic mass is 9.82. The first-order valence-corrected chi connectivity index (χ1v) is 30.3. The molecular weight excluding hydrogens is 1120 g/mol. The summed E-state index contributed by atoms with van der Waals surface area (Å²) in [7, 11) is 1.63. The Kier molecular flexibility index (Phi) is 27.4. The van der Waals surface area contributed by atoms with E-state index in [-0.39, 0.29) is 35.2 Å². The molecule has 0 aliphatic heterocycles. The number of carbonyl (C=O) groups is 4. The highest BCUT2D eigenvalue weighted by Gasteiger charge is 2.31. The third-order valence-electron chi connectivity index (χ3n) is 14.7. The molecule has 2 aliphatic carbocycles. The van der Waals surface area contributed by atoms with E-state index >= 15 is 8.78 Å². The number of methoxy groups -OCH3 is 1. The molecule has 85 heavy (non-hydrogen) atoms. The number of para-hydroxylation sites is 1. The van der Waals surface area contributed by atoms with Crippen molar-refractivity contribution in [2.24, 2.45) is 28.8 Å². The molecule has 0 spiro atoms. The number of hydrogen-bond acceptors (Lipinski definition) is 18. The number of esters is 4. The van der Waals surface area contributed by atoms with Crippen molar-refractivity contribution in [3.8, 4) is 34.5 Å². The zero-order valence-electron chi connectivity index (χ0n) is 48.6. The van der Waals surface area contributed by atoms with Gasteiger partial charge in [-0.1, -0.05) is 36.6 Å². The van der Waals surface area contributed by atoms with E-state index in [1.807, 2.05) is 47.5 Å². The summed E-state index contributed by atoms with van der Waals surface area (Å²) in [5.74, 6) is -2.01. The molecule has 2 aliphatic rings. The number of fused-ring (bicyclic) bond motifs is 1.